The van der Waals surface area contributed by atoms with Gasteiger partial charge in [0.15, 0.2) is 0 Å². The number of aromatic nitrogens is 2. The van der Waals surface area contributed by atoms with E-state index in [-0.39, 0.29) is 6.04 Å². The van der Waals surface area contributed by atoms with E-state index in [1.54, 1.807) is 18.7 Å². The molecule has 2 rings (SSSR count). The summed E-state index contributed by atoms with van der Waals surface area (Å²) in [6, 6.07) is 7.58. The van der Waals surface area contributed by atoms with Crippen molar-refractivity contribution in [2.75, 3.05) is 11.1 Å². The monoisotopic (exact) mass is 273 g/mol. The standard InChI is InChI=1S/C14H19N5O/c1-8(10-4-6-11(15)7-5-10)17-14-12(13(16)20)9(2)18-19(14)3/h4-8,17H,15H2,1-3H3,(H2,16,20). The SMILES string of the molecule is Cc1nn(C)c(NC(C)c2ccc(N)cc2)c1C(N)=O. The number of rotatable bonds is 4. The molecular formula is C14H19N5O. The Hall–Kier alpha value is -2.50. The molecule has 1 aromatic heterocycles. The van der Waals surface area contributed by atoms with Gasteiger partial charge < -0.3 is 16.8 Å². The second-order valence-electron chi connectivity index (χ2n) is 4.83. The lowest BCUT2D eigenvalue weighted by Gasteiger charge is -2.16. The van der Waals surface area contributed by atoms with Crippen LogP contribution < -0.4 is 16.8 Å². The molecule has 5 N–H and O–H groups in total. The van der Waals surface area contributed by atoms with Crippen LogP contribution in [0.1, 0.15) is 34.6 Å². The van der Waals surface area contributed by atoms with Gasteiger partial charge in [0.25, 0.3) is 5.91 Å². The van der Waals surface area contributed by atoms with Crippen LogP contribution in [-0.2, 0) is 7.05 Å². The first kappa shape index (κ1) is 13.9. The number of amides is 1. The van der Waals surface area contributed by atoms with Crippen LogP contribution in [0.15, 0.2) is 24.3 Å². The van der Waals surface area contributed by atoms with Gasteiger partial charge in [-0.1, -0.05) is 12.1 Å². The van der Waals surface area contributed by atoms with Crippen LogP contribution in [0.5, 0.6) is 0 Å². The van der Waals surface area contributed by atoms with Crippen LogP contribution in [0.4, 0.5) is 11.5 Å². The summed E-state index contributed by atoms with van der Waals surface area (Å²) >= 11 is 0. The highest BCUT2D eigenvalue weighted by Crippen LogP contribution is 2.24. The summed E-state index contributed by atoms with van der Waals surface area (Å²) in [5.41, 5.74) is 13.9. The third-order valence-electron chi connectivity index (χ3n) is 3.26. The first-order valence-electron chi connectivity index (χ1n) is 6.35. The molecule has 1 atom stereocenters. The molecule has 1 amide bonds. The predicted molar refractivity (Wildman–Crippen MR) is 79.4 cm³/mol. The smallest absolute Gasteiger partial charge is 0.254 e. The van der Waals surface area contributed by atoms with Gasteiger partial charge in [0, 0.05) is 18.8 Å². The summed E-state index contributed by atoms with van der Waals surface area (Å²) in [7, 11) is 1.78. The quantitative estimate of drug-likeness (QED) is 0.736. The van der Waals surface area contributed by atoms with Crippen molar-refractivity contribution in [3.8, 4) is 0 Å². The molecule has 0 saturated carbocycles. The predicted octanol–water partition coefficient (Wildman–Crippen LogP) is 1.58. The van der Waals surface area contributed by atoms with Crippen LogP contribution in [-0.4, -0.2) is 15.7 Å². The summed E-state index contributed by atoms with van der Waals surface area (Å²) in [6.07, 6.45) is 0. The van der Waals surface area contributed by atoms with Gasteiger partial charge in [0.05, 0.1) is 5.69 Å². The molecule has 1 heterocycles. The summed E-state index contributed by atoms with van der Waals surface area (Å²) in [6.45, 7) is 3.76. The van der Waals surface area contributed by atoms with Crippen molar-refractivity contribution in [2.45, 2.75) is 19.9 Å². The Morgan fingerprint density at radius 1 is 1.35 bits per heavy atom. The highest BCUT2D eigenvalue weighted by atomic mass is 16.1. The molecule has 0 spiro atoms. The number of hydrogen-bond acceptors (Lipinski definition) is 4. The van der Waals surface area contributed by atoms with E-state index in [0.29, 0.717) is 17.1 Å². The minimum atomic E-state index is -0.484. The number of carbonyl (C=O) groups is 1. The lowest BCUT2D eigenvalue weighted by Crippen LogP contribution is -2.17. The number of nitrogen functional groups attached to an aromatic ring is 1. The number of nitrogens with two attached hydrogens (primary N) is 2. The second-order valence-corrected chi connectivity index (χ2v) is 4.83. The maximum absolute atomic E-state index is 11.5. The van der Waals surface area contributed by atoms with Crippen molar-refractivity contribution in [1.82, 2.24) is 9.78 Å². The maximum Gasteiger partial charge on any atom is 0.254 e. The van der Waals surface area contributed by atoms with Crippen molar-refractivity contribution in [1.29, 1.82) is 0 Å². The van der Waals surface area contributed by atoms with Crippen molar-refractivity contribution >= 4 is 17.4 Å². The average Bonchev–Trinajstić information content (AvgIpc) is 2.64. The minimum Gasteiger partial charge on any atom is -0.399 e. The number of anilines is 2. The number of primary amides is 1. The van der Waals surface area contributed by atoms with Gasteiger partial charge in [-0.05, 0) is 31.5 Å². The van der Waals surface area contributed by atoms with E-state index >= 15 is 0 Å². The molecule has 1 unspecified atom stereocenters. The number of nitrogens with one attached hydrogen (secondary N) is 1. The molecule has 0 aliphatic carbocycles. The number of nitrogens with zero attached hydrogens (tertiary/aromatic N) is 2. The van der Waals surface area contributed by atoms with E-state index in [1.165, 1.54) is 0 Å². The molecule has 0 aliphatic rings. The Labute approximate surface area is 117 Å². The number of aryl methyl sites for hydroxylation is 2. The Kier molecular flexibility index (Phi) is 3.65. The van der Waals surface area contributed by atoms with E-state index < -0.39 is 5.91 Å². The number of benzene rings is 1. The zero-order valence-electron chi connectivity index (χ0n) is 11.8. The summed E-state index contributed by atoms with van der Waals surface area (Å²) < 4.78 is 1.63. The third-order valence-corrected chi connectivity index (χ3v) is 3.26. The molecule has 2 aromatic rings. The van der Waals surface area contributed by atoms with Gasteiger partial charge >= 0.3 is 0 Å². The molecule has 6 heteroatoms. The Morgan fingerprint density at radius 3 is 2.50 bits per heavy atom. The molecule has 1 aromatic carbocycles. The van der Waals surface area contributed by atoms with Crippen molar-refractivity contribution in [3.05, 3.63) is 41.1 Å². The average molecular weight is 273 g/mol. The van der Waals surface area contributed by atoms with E-state index in [4.69, 9.17) is 11.5 Å². The van der Waals surface area contributed by atoms with E-state index in [0.717, 1.165) is 11.3 Å². The van der Waals surface area contributed by atoms with E-state index in [9.17, 15) is 4.79 Å². The molecule has 0 aliphatic heterocycles. The zero-order valence-corrected chi connectivity index (χ0v) is 11.8. The molecule has 0 radical (unpaired) electrons. The van der Waals surface area contributed by atoms with Gasteiger partial charge in [0.1, 0.15) is 11.4 Å². The maximum atomic E-state index is 11.5. The fraction of sp³-hybridized carbons (Fsp3) is 0.286. The fourth-order valence-electron chi connectivity index (χ4n) is 2.19. The first-order chi connectivity index (χ1) is 9.40. The largest absolute Gasteiger partial charge is 0.399 e. The van der Waals surface area contributed by atoms with Gasteiger partial charge in [-0.3, -0.25) is 9.48 Å². The van der Waals surface area contributed by atoms with Crippen LogP contribution in [0.25, 0.3) is 0 Å². The molecular weight excluding hydrogens is 254 g/mol. The van der Waals surface area contributed by atoms with Gasteiger partial charge in [-0.25, -0.2) is 0 Å². The summed E-state index contributed by atoms with van der Waals surface area (Å²) in [5, 5.41) is 7.50. The van der Waals surface area contributed by atoms with Crippen LogP contribution in [0.3, 0.4) is 0 Å². The Morgan fingerprint density at radius 2 is 1.95 bits per heavy atom. The van der Waals surface area contributed by atoms with Crippen molar-refractivity contribution in [3.63, 3.8) is 0 Å². The molecule has 0 fully saturated rings. The Bertz CT molecular complexity index is 630. The van der Waals surface area contributed by atoms with Crippen molar-refractivity contribution in [2.24, 2.45) is 12.8 Å². The Balaban J connectivity index is 2.30. The third kappa shape index (κ3) is 2.59. The lowest BCUT2D eigenvalue weighted by atomic mass is 10.1. The summed E-state index contributed by atoms with van der Waals surface area (Å²) in [4.78, 5) is 11.5. The normalized spacial score (nSPS) is 12.2. The van der Waals surface area contributed by atoms with Gasteiger partial charge in [0.2, 0.25) is 0 Å². The molecule has 0 bridgehead atoms. The van der Waals surface area contributed by atoms with Crippen LogP contribution >= 0.6 is 0 Å². The minimum absolute atomic E-state index is 0.00324. The van der Waals surface area contributed by atoms with Gasteiger partial charge in [-0.15, -0.1) is 0 Å². The lowest BCUT2D eigenvalue weighted by molar-refractivity contribution is 0.100. The zero-order chi connectivity index (χ0) is 14.9. The number of hydrogen-bond donors (Lipinski definition) is 3. The van der Waals surface area contributed by atoms with E-state index in [1.807, 2.05) is 31.2 Å². The van der Waals surface area contributed by atoms with Crippen LogP contribution in [0.2, 0.25) is 0 Å². The summed E-state index contributed by atoms with van der Waals surface area (Å²) in [5.74, 6) is 0.141. The van der Waals surface area contributed by atoms with Gasteiger partial charge in [-0.2, -0.15) is 5.10 Å². The molecule has 0 saturated heterocycles. The van der Waals surface area contributed by atoms with Crippen LogP contribution in [0, 0.1) is 6.92 Å². The highest BCUT2D eigenvalue weighted by Gasteiger charge is 2.19. The second kappa shape index (κ2) is 5.24. The molecule has 106 valence electrons. The molecule has 6 nitrogen and oxygen atoms in total. The highest BCUT2D eigenvalue weighted by molar-refractivity contribution is 5.98. The fourth-order valence-corrected chi connectivity index (χ4v) is 2.19. The number of carbonyl (C=O) groups excluding carboxylic acids is 1. The first-order valence-corrected chi connectivity index (χ1v) is 6.35. The molecule has 20 heavy (non-hydrogen) atoms. The van der Waals surface area contributed by atoms with E-state index in [2.05, 4.69) is 10.4 Å². The topological polar surface area (TPSA) is 99.0 Å². The van der Waals surface area contributed by atoms with Crippen molar-refractivity contribution < 1.29 is 4.79 Å².